The standard InChI is InChI=1S/C48H32N4/c1-4-12-30(13-5-1)41-28-42(31-14-6-2-7-15-31)50-48(49-41)52-44-27-40-38(29-20-22-34-35(23-21-29)45(34)40)26-39(44)37-25-24-36-33-18-10-11-19-43(33)51(46(36)47(37)52)32-16-8-3-9-17-32/h1-29,34-35,45H. The predicted octanol–water partition coefficient (Wildman–Crippen LogP) is 11.6. The second-order valence-corrected chi connectivity index (χ2v) is 14.5. The van der Waals surface area contributed by atoms with E-state index in [4.69, 9.17) is 9.97 Å². The van der Waals surface area contributed by atoms with Gasteiger partial charge < -0.3 is 4.57 Å². The Morgan fingerprint density at radius 1 is 0.423 bits per heavy atom. The van der Waals surface area contributed by atoms with Gasteiger partial charge in [-0.3, -0.25) is 4.57 Å². The van der Waals surface area contributed by atoms with E-state index in [9.17, 15) is 0 Å². The van der Waals surface area contributed by atoms with Crippen LogP contribution in [0.3, 0.4) is 0 Å². The van der Waals surface area contributed by atoms with E-state index in [-0.39, 0.29) is 0 Å². The summed E-state index contributed by atoms with van der Waals surface area (Å²) in [7, 11) is 0. The molecule has 0 N–H and O–H groups in total. The summed E-state index contributed by atoms with van der Waals surface area (Å²) in [5.74, 6) is 2.63. The summed E-state index contributed by atoms with van der Waals surface area (Å²) >= 11 is 0. The Morgan fingerprint density at radius 3 is 1.67 bits per heavy atom. The van der Waals surface area contributed by atoms with E-state index >= 15 is 0 Å². The molecule has 4 aliphatic carbocycles. The molecule has 4 nitrogen and oxygen atoms in total. The zero-order valence-corrected chi connectivity index (χ0v) is 28.3. The van der Waals surface area contributed by atoms with Crippen molar-refractivity contribution >= 4 is 43.6 Å². The molecule has 4 aliphatic rings. The van der Waals surface area contributed by atoms with Crippen LogP contribution in [0.1, 0.15) is 23.0 Å². The topological polar surface area (TPSA) is 35.6 Å². The number of rotatable bonds is 4. The number of benzene rings is 6. The molecule has 9 aromatic rings. The van der Waals surface area contributed by atoms with Crippen LogP contribution >= 0.6 is 0 Å². The van der Waals surface area contributed by atoms with Gasteiger partial charge in [-0.15, -0.1) is 0 Å². The SMILES string of the molecule is C1=CC2C3C=CC1c1cc4c5ccc6c7ccccc7n(-c7ccccc7)c6c5n(-c5nc(-c6ccccc6)cc(-c6ccccc6)n5)c4cc1C23. The van der Waals surface area contributed by atoms with Crippen LogP contribution in [-0.2, 0) is 0 Å². The number of hydrogen-bond donors (Lipinski definition) is 0. The van der Waals surface area contributed by atoms with Gasteiger partial charge in [0.2, 0.25) is 5.95 Å². The lowest BCUT2D eigenvalue weighted by atomic mass is 9.92. The first-order valence-electron chi connectivity index (χ1n) is 18.3. The van der Waals surface area contributed by atoms with Crippen LogP contribution in [0.25, 0.3) is 77.8 Å². The van der Waals surface area contributed by atoms with E-state index in [0.717, 1.165) is 44.8 Å². The maximum Gasteiger partial charge on any atom is 0.235 e. The van der Waals surface area contributed by atoms with Gasteiger partial charge in [-0.1, -0.05) is 133 Å². The molecule has 0 spiro atoms. The highest BCUT2D eigenvalue weighted by Gasteiger charge is 2.51. The summed E-state index contributed by atoms with van der Waals surface area (Å²) in [6.45, 7) is 0. The van der Waals surface area contributed by atoms with Crippen molar-refractivity contribution in [1.82, 2.24) is 19.1 Å². The monoisotopic (exact) mass is 664 g/mol. The second-order valence-electron chi connectivity index (χ2n) is 14.5. The number of allylic oxidation sites excluding steroid dienone is 4. The number of nitrogens with zero attached hydrogens (tertiary/aromatic N) is 4. The summed E-state index contributed by atoms with van der Waals surface area (Å²) in [6.07, 6.45) is 9.80. The second kappa shape index (κ2) is 10.5. The molecular weight excluding hydrogens is 633 g/mol. The van der Waals surface area contributed by atoms with Crippen LogP contribution in [0.15, 0.2) is 170 Å². The molecule has 1 fully saturated rings. The van der Waals surface area contributed by atoms with Gasteiger partial charge in [0.25, 0.3) is 0 Å². The molecule has 2 atom stereocenters. The van der Waals surface area contributed by atoms with Crippen LogP contribution in [-0.4, -0.2) is 19.1 Å². The lowest BCUT2D eigenvalue weighted by molar-refractivity contribution is 0.980. The minimum absolute atomic E-state index is 0.291. The lowest BCUT2D eigenvalue weighted by Crippen LogP contribution is -2.06. The fourth-order valence-corrected chi connectivity index (χ4v) is 9.34. The minimum Gasteiger partial charge on any atom is -0.307 e. The molecule has 13 rings (SSSR count). The van der Waals surface area contributed by atoms with Gasteiger partial charge in [-0.05, 0) is 65.3 Å². The molecule has 1 saturated carbocycles. The number of aromatic nitrogens is 4. The van der Waals surface area contributed by atoms with Gasteiger partial charge in [0, 0.05) is 44.3 Å². The summed E-state index contributed by atoms with van der Waals surface area (Å²) in [6, 6.07) is 52.3. The van der Waals surface area contributed by atoms with E-state index in [2.05, 4.69) is 179 Å². The molecule has 2 unspecified atom stereocenters. The average Bonchev–Trinajstić information content (AvgIpc) is 3.82. The van der Waals surface area contributed by atoms with Gasteiger partial charge in [0.1, 0.15) is 0 Å². The van der Waals surface area contributed by atoms with Crippen LogP contribution in [0, 0.1) is 11.8 Å². The third-order valence-corrected chi connectivity index (χ3v) is 11.8. The Morgan fingerprint density at radius 2 is 1.00 bits per heavy atom. The first-order chi connectivity index (χ1) is 25.8. The smallest absolute Gasteiger partial charge is 0.235 e. The van der Waals surface area contributed by atoms with Gasteiger partial charge in [0.05, 0.1) is 33.5 Å². The average molecular weight is 665 g/mol. The molecule has 244 valence electrons. The summed E-state index contributed by atoms with van der Waals surface area (Å²) in [5.41, 5.74) is 12.6. The van der Waals surface area contributed by atoms with Crippen LogP contribution < -0.4 is 0 Å². The molecule has 3 aromatic heterocycles. The van der Waals surface area contributed by atoms with Crippen LogP contribution in [0.5, 0.6) is 0 Å². The van der Waals surface area contributed by atoms with Gasteiger partial charge in [-0.25, -0.2) is 9.97 Å². The molecule has 0 amide bonds. The largest absolute Gasteiger partial charge is 0.307 e. The summed E-state index contributed by atoms with van der Waals surface area (Å²) in [4.78, 5) is 10.9. The van der Waals surface area contributed by atoms with Crippen molar-refractivity contribution in [3.05, 3.63) is 181 Å². The Kier molecular flexibility index (Phi) is 5.70. The molecule has 3 heterocycles. The molecule has 52 heavy (non-hydrogen) atoms. The third kappa shape index (κ3) is 3.92. The number of fused-ring (bicyclic) bond motifs is 7. The maximum atomic E-state index is 5.46. The highest BCUT2D eigenvalue weighted by molar-refractivity contribution is 6.24. The van der Waals surface area contributed by atoms with Crippen molar-refractivity contribution in [2.45, 2.75) is 11.8 Å². The molecule has 6 aromatic carbocycles. The fourth-order valence-electron chi connectivity index (χ4n) is 9.34. The molecule has 4 bridgehead atoms. The normalized spacial score (nSPS) is 19.8. The number of para-hydroxylation sites is 2. The third-order valence-electron chi connectivity index (χ3n) is 11.8. The Balaban J connectivity index is 1.27. The Bertz CT molecular complexity index is 2890. The highest BCUT2D eigenvalue weighted by Crippen LogP contribution is 2.61. The maximum absolute atomic E-state index is 5.46. The quantitative estimate of drug-likeness (QED) is 0.176. The predicted molar refractivity (Wildman–Crippen MR) is 212 cm³/mol. The van der Waals surface area contributed by atoms with E-state index in [1.54, 1.807) is 0 Å². The van der Waals surface area contributed by atoms with Gasteiger partial charge in [-0.2, -0.15) is 0 Å². The van der Waals surface area contributed by atoms with Gasteiger partial charge in [0.15, 0.2) is 0 Å². The van der Waals surface area contributed by atoms with Crippen molar-refractivity contribution in [2.24, 2.45) is 11.8 Å². The van der Waals surface area contributed by atoms with Gasteiger partial charge >= 0.3 is 0 Å². The number of hydrogen-bond acceptors (Lipinski definition) is 2. The molecule has 4 heteroatoms. The van der Waals surface area contributed by atoms with Crippen molar-refractivity contribution in [1.29, 1.82) is 0 Å². The summed E-state index contributed by atoms with van der Waals surface area (Å²) < 4.78 is 4.83. The Hall–Kier alpha value is -6.52. The lowest BCUT2D eigenvalue weighted by Gasteiger charge is -2.15. The van der Waals surface area contributed by atoms with E-state index in [1.807, 2.05) is 0 Å². The zero-order valence-electron chi connectivity index (χ0n) is 28.3. The molecule has 0 radical (unpaired) electrons. The van der Waals surface area contributed by atoms with Crippen molar-refractivity contribution in [3.63, 3.8) is 0 Å². The van der Waals surface area contributed by atoms with Crippen LogP contribution in [0.2, 0.25) is 0 Å². The first-order valence-corrected chi connectivity index (χ1v) is 18.3. The fraction of sp³-hybridized carbons (Fsp3) is 0.0833. The van der Waals surface area contributed by atoms with E-state index < -0.39 is 0 Å². The zero-order chi connectivity index (χ0) is 33.9. The minimum atomic E-state index is 0.291. The van der Waals surface area contributed by atoms with Crippen molar-refractivity contribution in [3.8, 4) is 34.2 Å². The highest BCUT2D eigenvalue weighted by atomic mass is 15.2. The van der Waals surface area contributed by atoms with E-state index in [1.165, 1.54) is 38.2 Å². The molecular formula is C48H32N4. The van der Waals surface area contributed by atoms with Crippen LogP contribution in [0.4, 0.5) is 0 Å². The van der Waals surface area contributed by atoms with E-state index in [0.29, 0.717) is 29.6 Å². The first kappa shape index (κ1) is 28.2. The Labute approximate surface area is 300 Å². The summed E-state index contributed by atoms with van der Waals surface area (Å²) in [5, 5.41) is 4.89. The molecule has 0 aliphatic heterocycles. The van der Waals surface area contributed by atoms with Crippen molar-refractivity contribution in [2.75, 3.05) is 0 Å². The molecule has 0 saturated heterocycles. The van der Waals surface area contributed by atoms with Crippen molar-refractivity contribution < 1.29 is 0 Å².